The third kappa shape index (κ3) is 3.89. The van der Waals surface area contributed by atoms with Crippen molar-refractivity contribution in [3.05, 3.63) is 52.6 Å². The van der Waals surface area contributed by atoms with Crippen LogP contribution in [-0.2, 0) is 0 Å². The minimum Gasteiger partial charge on any atom is -0.493 e. The third-order valence-electron chi connectivity index (χ3n) is 3.85. The van der Waals surface area contributed by atoms with E-state index < -0.39 is 11.7 Å². The molecule has 0 aliphatic heterocycles. The number of rotatable bonds is 6. The Morgan fingerprint density at radius 3 is 2.75 bits per heavy atom. The van der Waals surface area contributed by atoms with E-state index in [0.29, 0.717) is 29.6 Å². The molecule has 0 bridgehead atoms. The third-order valence-corrected chi connectivity index (χ3v) is 4.13. The van der Waals surface area contributed by atoms with Crippen molar-refractivity contribution in [2.75, 3.05) is 19.0 Å². The van der Waals surface area contributed by atoms with Crippen LogP contribution in [0.15, 0.2) is 30.3 Å². The summed E-state index contributed by atoms with van der Waals surface area (Å²) >= 11 is 6.20. The van der Waals surface area contributed by atoms with Crippen LogP contribution in [-0.4, -0.2) is 39.8 Å². The van der Waals surface area contributed by atoms with Crippen LogP contribution < -0.4 is 14.8 Å². The number of methoxy groups -OCH3 is 1. The van der Waals surface area contributed by atoms with Crippen molar-refractivity contribution in [2.45, 2.75) is 13.8 Å². The van der Waals surface area contributed by atoms with Gasteiger partial charge in [0, 0.05) is 5.56 Å². The normalized spacial score (nSPS) is 10.6. The van der Waals surface area contributed by atoms with Crippen LogP contribution >= 0.6 is 11.6 Å². The van der Waals surface area contributed by atoms with Crippen molar-refractivity contribution in [2.24, 2.45) is 0 Å². The Bertz CT molecular complexity index is 1020. The number of halogens is 2. The van der Waals surface area contributed by atoms with Crippen LogP contribution in [0.4, 0.5) is 10.1 Å². The highest BCUT2D eigenvalue weighted by molar-refractivity contribution is 6.32. The Labute approximate surface area is 165 Å². The zero-order valence-corrected chi connectivity index (χ0v) is 16.1. The average Bonchev–Trinajstić information content (AvgIpc) is 3.11. The number of benzene rings is 2. The van der Waals surface area contributed by atoms with Crippen LogP contribution in [0.2, 0.25) is 5.02 Å². The van der Waals surface area contributed by atoms with Gasteiger partial charge in [-0.2, -0.15) is 4.68 Å². The lowest BCUT2D eigenvalue weighted by Gasteiger charge is -2.14. The number of hydrogen-bond donors (Lipinski definition) is 1. The van der Waals surface area contributed by atoms with Gasteiger partial charge in [-0.05, 0) is 54.6 Å². The maximum absolute atomic E-state index is 14.2. The molecule has 0 spiro atoms. The van der Waals surface area contributed by atoms with E-state index in [4.69, 9.17) is 21.1 Å². The number of nitrogens with zero attached hydrogens (tertiary/aromatic N) is 4. The quantitative estimate of drug-likeness (QED) is 0.675. The van der Waals surface area contributed by atoms with E-state index in [-0.39, 0.29) is 16.3 Å². The second-order valence-corrected chi connectivity index (χ2v) is 6.09. The molecule has 0 atom stereocenters. The molecule has 2 aromatic carbocycles. The number of aromatic nitrogens is 4. The highest BCUT2D eigenvalue weighted by atomic mass is 35.5. The standard InChI is InChI=1S/C18H17ClFN5O3/c1-4-28-17-13(19)7-11(8-16(17)27-3)18(26)21-15-9-12(5-6-14(15)20)25-10(2)22-23-24-25/h5-9H,4H2,1-3H3,(H,21,26). The summed E-state index contributed by atoms with van der Waals surface area (Å²) in [5.41, 5.74) is 0.664. The Morgan fingerprint density at radius 1 is 1.32 bits per heavy atom. The fraction of sp³-hybridized carbons (Fsp3) is 0.222. The molecule has 0 saturated carbocycles. The lowest BCUT2D eigenvalue weighted by Crippen LogP contribution is -2.14. The lowest BCUT2D eigenvalue weighted by atomic mass is 10.1. The monoisotopic (exact) mass is 405 g/mol. The molecule has 0 fully saturated rings. The first-order valence-electron chi connectivity index (χ1n) is 8.31. The number of carbonyl (C=O) groups excluding carboxylic acids is 1. The number of nitrogens with one attached hydrogen (secondary N) is 1. The fourth-order valence-electron chi connectivity index (χ4n) is 2.54. The number of carbonyl (C=O) groups is 1. The van der Waals surface area contributed by atoms with Crippen molar-refractivity contribution in [3.8, 4) is 17.2 Å². The van der Waals surface area contributed by atoms with Crippen LogP contribution in [0.3, 0.4) is 0 Å². The van der Waals surface area contributed by atoms with Gasteiger partial charge in [0.15, 0.2) is 17.3 Å². The van der Waals surface area contributed by atoms with E-state index in [2.05, 4.69) is 20.8 Å². The molecular formula is C18H17ClFN5O3. The van der Waals surface area contributed by atoms with Gasteiger partial charge in [0.1, 0.15) is 5.82 Å². The molecule has 3 aromatic rings. The van der Waals surface area contributed by atoms with Gasteiger partial charge in [0.2, 0.25) is 0 Å². The number of amides is 1. The van der Waals surface area contributed by atoms with Crippen molar-refractivity contribution in [1.29, 1.82) is 0 Å². The molecule has 1 amide bonds. The summed E-state index contributed by atoms with van der Waals surface area (Å²) in [6, 6.07) is 7.06. The zero-order chi connectivity index (χ0) is 20.3. The summed E-state index contributed by atoms with van der Waals surface area (Å²) in [6.45, 7) is 3.89. The Balaban J connectivity index is 1.91. The highest BCUT2D eigenvalue weighted by Gasteiger charge is 2.17. The number of hydrogen-bond acceptors (Lipinski definition) is 6. The molecule has 28 heavy (non-hydrogen) atoms. The maximum Gasteiger partial charge on any atom is 0.255 e. The molecule has 0 saturated heterocycles. The summed E-state index contributed by atoms with van der Waals surface area (Å²) in [6.07, 6.45) is 0. The van der Waals surface area contributed by atoms with Gasteiger partial charge in [0.05, 0.1) is 30.1 Å². The van der Waals surface area contributed by atoms with Gasteiger partial charge >= 0.3 is 0 Å². The number of aryl methyl sites for hydroxylation is 1. The first kappa shape index (κ1) is 19.6. The summed E-state index contributed by atoms with van der Waals surface area (Å²) in [5, 5.41) is 13.9. The minimum absolute atomic E-state index is 0.0265. The van der Waals surface area contributed by atoms with E-state index in [1.54, 1.807) is 13.8 Å². The number of ether oxygens (including phenoxy) is 2. The predicted octanol–water partition coefficient (Wildman–Crippen LogP) is 3.42. The molecule has 0 aliphatic carbocycles. The molecule has 3 rings (SSSR count). The summed E-state index contributed by atoms with van der Waals surface area (Å²) in [7, 11) is 1.44. The van der Waals surface area contributed by atoms with Gasteiger partial charge < -0.3 is 14.8 Å². The van der Waals surface area contributed by atoms with Gasteiger partial charge in [-0.1, -0.05) is 11.6 Å². The molecule has 0 aliphatic rings. The second-order valence-electron chi connectivity index (χ2n) is 5.68. The maximum atomic E-state index is 14.2. The summed E-state index contributed by atoms with van der Waals surface area (Å²) < 4.78 is 26.3. The van der Waals surface area contributed by atoms with E-state index in [1.165, 1.54) is 42.1 Å². The second kappa shape index (κ2) is 8.22. The van der Waals surface area contributed by atoms with Crippen LogP contribution in [0.1, 0.15) is 23.1 Å². The summed E-state index contributed by atoms with van der Waals surface area (Å²) in [4.78, 5) is 12.6. The van der Waals surface area contributed by atoms with Crippen molar-refractivity contribution >= 4 is 23.2 Å². The SMILES string of the molecule is CCOc1c(Cl)cc(C(=O)Nc2cc(-n3nnnc3C)ccc2F)cc1OC. The van der Waals surface area contributed by atoms with Crippen LogP contribution in [0.25, 0.3) is 5.69 Å². The largest absolute Gasteiger partial charge is 0.493 e. The van der Waals surface area contributed by atoms with E-state index >= 15 is 0 Å². The van der Waals surface area contributed by atoms with E-state index in [1.807, 2.05) is 0 Å². The Morgan fingerprint density at radius 2 is 2.11 bits per heavy atom. The molecule has 0 radical (unpaired) electrons. The highest BCUT2D eigenvalue weighted by Crippen LogP contribution is 2.36. The minimum atomic E-state index is -0.605. The zero-order valence-electron chi connectivity index (χ0n) is 15.4. The number of tetrazole rings is 1. The molecule has 0 unspecified atom stereocenters. The molecule has 146 valence electrons. The molecule has 1 N–H and O–H groups in total. The fourth-order valence-corrected chi connectivity index (χ4v) is 2.81. The van der Waals surface area contributed by atoms with Gasteiger partial charge in [-0.25, -0.2) is 4.39 Å². The van der Waals surface area contributed by atoms with Crippen LogP contribution in [0.5, 0.6) is 11.5 Å². The molecular weight excluding hydrogens is 389 g/mol. The van der Waals surface area contributed by atoms with Gasteiger partial charge in [0.25, 0.3) is 5.91 Å². The van der Waals surface area contributed by atoms with Crippen molar-refractivity contribution < 1.29 is 18.7 Å². The average molecular weight is 406 g/mol. The molecule has 10 heteroatoms. The predicted molar refractivity (Wildman–Crippen MR) is 101 cm³/mol. The van der Waals surface area contributed by atoms with Gasteiger partial charge in [-0.3, -0.25) is 4.79 Å². The van der Waals surface area contributed by atoms with Crippen molar-refractivity contribution in [3.63, 3.8) is 0 Å². The Kier molecular flexibility index (Phi) is 5.74. The first-order chi connectivity index (χ1) is 13.4. The van der Waals surface area contributed by atoms with Crippen LogP contribution in [0, 0.1) is 12.7 Å². The lowest BCUT2D eigenvalue weighted by molar-refractivity contribution is 0.102. The number of anilines is 1. The smallest absolute Gasteiger partial charge is 0.255 e. The molecule has 1 aromatic heterocycles. The van der Waals surface area contributed by atoms with E-state index in [9.17, 15) is 9.18 Å². The molecule has 8 nitrogen and oxygen atoms in total. The van der Waals surface area contributed by atoms with Crippen molar-refractivity contribution in [1.82, 2.24) is 20.2 Å². The van der Waals surface area contributed by atoms with E-state index in [0.717, 1.165) is 0 Å². The first-order valence-corrected chi connectivity index (χ1v) is 8.69. The summed E-state index contributed by atoms with van der Waals surface area (Å²) in [5.74, 6) is -0.00457. The molecule has 1 heterocycles. The Hall–Kier alpha value is -3.20. The topological polar surface area (TPSA) is 91.2 Å². The van der Waals surface area contributed by atoms with Gasteiger partial charge in [-0.15, -0.1) is 5.10 Å².